The molecule has 2 aromatic carbocycles. The first-order chi connectivity index (χ1) is 14.3. The summed E-state index contributed by atoms with van der Waals surface area (Å²) in [5.41, 5.74) is 4.38. The van der Waals surface area contributed by atoms with Crippen LogP contribution in [-0.4, -0.2) is 50.1 Å². The van der Waals surface area contributed by atoms with Gasteiger partial charge in [0.25, 0.3) is 5.91 Å². The van der Waals surface area contributed by atoms with Gasteiger partial charge in [-0.15, -0.1) is 0 Å². The maximum Gasteiger partial charge on any atom is 0.337 e. The van der Waals surface area contributed by atoms with Crippen LogP contribution in [0.1, 0.15) is 51.7 Å². The number of esters is 1. The number of carbonyl (C=O) groups is 2. The summed E-state index contributed by atoms with van der Waals surface area (Å²) in [4.78, 5) is 26.7. The van der Waals surface area contributed by atoms with Gasteiger partial charge in [0.1, 0.15) is 0 Å². The highest BCUT2D eigenvalue weighted by Gasteiger charge is 2.36. The third kappa shape index (κ3) is 3.67. The molecular formula is C24H29N3O3. The Morgan fingerprint density at radius 3 is 2.53 bits per heavy atom. The molecule has 0 bridgehead atoms. The smallest absolute Gasteiger partial charge is 0.337 e. The van der Waals surface area contributed by atoms with Gasteiger partial charge in [0.2, 0.25) is 0 Å². The van der Waals surface area contributed by atoms with Gasteiger partial charge in [0.05, 0.1) is 24.8 Å². The van der Waals surface area contributed by atoms with E-state index in [1.807, 2.05) is 42.3 Å². The third-order valence-electron chi connectivity index (χ3n) is 6.35. The molecule has 4 rings (SSSR count). The van der Waals surface area contributed by atoms with E-state index in [0.717, 1.165) is 36.3 Å². The molecule has 1 unspecified atom stereocenters. The number of likely N-dealkylation sites (N-methyl/N-ethyl adjacent to an activating group) is 1. The van der Waals surface area contributed by atoms with Crippen LogP contribution >= 0.6 is 0 Å². The second-order valence-corrected chi connectivity index (χ2v) is 8.96. The number of benzene rings is 2. The van der Waals surface area contributed by atoms with E-state index >= 15 is 0 Å². The summed E-state index contributed by atoms with van der Waals surface area (Å²) in [7, 11) is 3.27. The average Bonchev–Trinajstić information content (AvgIpc) is 2.69. The Morgan fingerprint density at radius 2 is 1.87 bits per heavy atom. The fourth-order valence-electron chi connectivity index (χ4n) is 4.37. The minimum absolute atomic E-state index is 0.0532. The van der Waals surface area contributed by atoms with Gasteiger partial charge in [0, 0.05) is 31.4 Å². The van der Waals surface area contributed by atoms with Crippen molar-refractivity contribution in [3.63, 3.8) is 0 Å². The maximum absolute atomic E-state index is 12.9. The van der Waals surface area contributed by atoms with Crippen molar-refractivity contribution in [1.29, 1.82) is 0 Å². The lowest BCUT2D eigenvalue weighted by Gasteiger charge is -2.41. The predicted octanol–water partition coefficient (Wildman–Crippen LogP) is 3.25. The number of fused-ring (bicyclic) bond motifs is 1. The van der Waals surface area contributed by atoms with Crippen molar-refractivity contribution < 1.29 is 14.3 Å². The summed E-state index contributed by atoms with van der Waals surface area (Å²) in [5, 5.41) is 6.85. The number of methoxy groups -OCH3 is 1. The maximum atomic E-state index is 12.9. The fraction of sp³-hybridized carbons (Fsp3) is 0.417. The molecule has 0 aromatic heterocycles. The summed E-state index contributed by atoms with van der Waals surface area (Å²) < 4.78 is 4.85. The van der Waals surface area contributed by atoms with Crippen LogP contribution < -0.4 is 10.6 Å². The van der Waals surface area contributed by atoms with Gasteiger partial charge in [-0.3, -0.25) is 4.79 Å². The van der Waals surface area contributed by atoms with Crippen molar-refractivity contribution in [3.05, 3.63) is 64.7 Å². The Kier molecular flexibility index (Phi) is 5.28. The van der Waals surface area contributed by atoms with Crippen molar-refractivity contribution in [2.75, 3.05) is 32.6 Å². The van der Waals surface area contributed by atoms with Gasteiger partial charge in [-0.2, -0.15) is 0 Å². The number of hydrogen-bond acceptors (Lipinski definition) is 5. The van der Waals surface area contributed by atoms with Crippen LogP contribution in [0, 0.1) is 5.41 Å². The largest absolute Gasteiger partial charge is 0.465 e. The second-order valence-electron chi connectivity index (χ2n) is 8.96. The molecule has 2 aliphatic heterocycles. The van der Waals surface area contributed by atoms with Crippen LogP contribution in [0.3, 0.4) is 0 Å². The first-order valence-electron chi connectivity index (χ1n) is 10.4. The highest BCUT2D eigenvalue weighted by atomic mass is 16.5. The van der Waals surface area contributed by atoms with Gasteiger partial charge in [-0.25, -0.2) is 4.79 Å². The Balaban J connectivity index is 1.61. The molecule has 2 aromatic rings. The molecule has 30 heavy (non-hydrogen) atoms. The third-order valence-corrected chi connectivity index (χ3v) is 6.35. The molecule has 1 atom stereocenters. The van der Waals surface area contributed by atoms with E-state index in [9.17, 15) is 9.59 Å². The summed E-state index contributed by atoms with van der Waals surface area (Å²) in [6.45, 7) is 6.12. The van der Waals surface area contributed by atoms with E-state index in [1.165, 1.54) is 7.11 Å². The highest BCUT2D eigenvalue weighted by molar-refractivity contribution is 5.94. The number of rotatable bonds is 4. The predicted molar refractivity (Wildman–Crippen MR) is 117 cm³/mol. The number of anilines is 1. The molecule has 1 saturated heterocycles. The zero-order chi connectivity index (χ0) is 21.5. The van der Waals surface area contributed by atoms with E-state index in [0.29, 0.717) is 11.1 Å². The van der Waals surface area contributed by atoms with E-state index in [1.54, 1.807) is 6.07 Å². The number of hydrogen-bond donors (Lipinski definition) is 2. The molecule has 0 spiro atoms. The molecule has 158 valence electrons. The van der Waals surface area contributed by atoms with Gasteiger partial charge in [-0.05, 0) is 53.3 Å². The number of amides is 1. The molecule has 6 heteroatoms. The van der Waals surface area contributed by atoms with Crippen molar-refractivity contribution >= 4 is 17.6 Å². The summed E-state index contributed by atoms with van der Waals surface area (Å²) >= 11 is 0. The van der Waals surface area contributed by atoms with Crippen molar-refractivity contribution in [3.8, 4) is 0 Å². The first kappa shape index (κ1) is 20.4. The minimum atomic E-state index is -0.324. The van der Waals surface area contributed by atoms with E-state index in [2.05, 4.69) is 30.5 Å². The van der Waals surface area contributed by atoms with Crippen molar-refractivity contribution in [2.45, 2.75) is 32.4 Å². The van der Waals surface area contributed by atoms with Gasteiger partial charge in [0.15, 0.2) is 0 Å². The van der Waals surface area contributed by atoms with Crippen LogP contribution in [-0.2, 0) is 11.2 Å². The van der Waals surface area contributed by atoms with Crippen LogP contribution in [0.15, 0.2) is 42.5 Å². The highest BCUT2D eigenvalue weighted by Crippen LogP contribution is 2.45. The fourth-order valence-corrected chi connectivity index (χ4v) is 4.37. The first-order valence-corrected chi connectivity index (χ1v) is 10.4. The van der Waals surface area contributed by atoms with Gasteiger partial charge >= 0.3 is 5.97 Å². The summed E-state index contributed by atoms with van der Waals surface area (Å²) in [6.07, 6.45) is 0.816. The standard InChI is InChI=1S/C24H29N3O3/c1-24(2)12-18-11-17(23(29)30-4)8-9-20(18)26-21(24)15-6-5-7-16(10-15)22(28)27(3)19-13-25-14-19/h5-11,19,21,25-26H,12-14H2,1-4H3. The van der Waals surface area contributed by atoms with E-state index < -0.39 is 0 Å². The van der Waals surface area contributed by atoms with Gasteiger partial charge in [-0.1, -0.05) is 26.0 Å². The van der Waals surface area contributed by atoms with Crippen molar-refractivity contribution in [1.82, 2.24) is 10.2 Å². The topological polar surface area (TPSA) is 70.7 Å². The van der Waals surface area contributed by atoms with E-state index in [4.69, 9.17) is 4.74 Å². The number of nitrogens with one attached hydrogen (secondary N) is 2. The lowest BCUT2D eigenvalue weighted by atomic mass is 9.72. The molecule has 2 N–H and O–H groups in total. The monoisotopic (exact) mass is 407 g/mol. The van der Waals surface area contributed by atoms with Crippen LogP contribution in [0.2, 0.25) is 0 Å². The zero-order valence-electron chi connectivity index (χ0n) is 18.0. The summed E-state index contributed by atoms with van der Waals surface area (Å²) in [6, 6.07) is 13.9. The molecule has 1 fully saturated rings. The van der Waals surface area contributed by atoms with Crippen molar-refractivity contribution in [2.24, 2.45) is 5.41 Å². The molecule has 0 aliphatic carbocycles. The zero-order valence-corrected chi connectivity index (χ0v) is 18.0. The normalized spacial score (nSPS) is 19.8. The average molecular weight is 408 g/mol. The van der Waals surface area contributed by atoms with Crippen LogP contribution in [0.5, 0.6) is 0 Å². The SMILES string of the molecule is COC(=O)c1ccc2c(c1)CC(C)(C)C(c1cccc(C(=O)N(C)C3CNC3)c1)N2. The van der Waals surface area contributed by atoms with Crippen LogP contribution in [0.4, 0.5) is 5.69 Å². The number of carbonyl (C=O) groups excluding carboxylic acids is 2. The number of ether oxygens (including phenoxy) is 1. The Hall–Kier alpha value is -2.86. The second kappa shape index (κ2) is 7.76. The molecular weight excluding hydrogens is 378 g/mol. The quantitative estimate of drug-likeness (QED) is 0.762. The Bertz CT molecular complexity index is 981. The molecule has 0 saturated carbocycles. The summed E-state index contributed by atoms with van der Waals surface area (Å²) in [5.74, 6) is -0.269. The van der Waals surface area contributed by atoms with Crippen LogP contribution in [0.25, 0.3) is 0 Å². The van der Waals surface area contributed by atoms with Gasteiger partial charge < -0.3 is 20.3 Å². The molecule has 0 radical (unpaired) electrons. The Labute approximate surface area is 177 Å². The molecule has 2 heterocycles. The molecule has 6 nitrogen and oxygen atoms in total. The van der Waals surface area contributed by atoms with E-state index in [-0.39, 0.29) is 29.4 Å². The molecule has 1 amide bonds. The molecule has 2 aliphatic rings. The minimum Gasteiger partial charge on any atom is -0.465 e. The lowest BCUT2D eigenvalue weighted by molar-refractivity contribution is 0.0599. The lowest BCUT2D eigenvalue weighted by Crippen LogP contribution is -2.57. The number of nitrogens with zero attached hydrogens (tertiary/aromatic N) is 1. The Morgan fingerprint density at radius 1 is 1.10 bits per heavy atom.